The number of benzene rings is 3. The standard InChI is InChI=1S/C17H13N3O6S/c1-10-3-2-4-14(17(10)20(22)23)18-19-16-13-9-12(27(24,25)26)7-5-11(13)6-8-15(16)21/h2-9,21H,1H3,(H,24,25,26). The Morgan fingerprint density at radius 3 is 2.44 bits per heavy atom. The van der Waals surface area contributed by atoms with Crippen molar-refractivity contribution in [1.29, 1.82) is 0 Å². The molecular weight excluding hydrogens is 374 g/mol. The summed E-state index contributed by atoms with van der Waals surface area (Å²) >= 11 is 0. The van der Waals surface area contributed by atoms with Crippen LogP contribution in [0.25, 0.3) is 10.8 Å². The van der Waals surface area contributed by atoms with E-state index in [0.29, 0.717) is 10.9 Å². The number of hydrogen-bond acceptors (Lipinski definition) is 7. The average Bonchev–Trinajstić information content (AvgIpc) is 2.59. The monoisotopic (exact) mass is 387 g/mol. The Bertz CT molecular complexity index is 1200. The van der Waals surface area contributed by atoms with Crippen molar-refractivity contribution in [3.05, 3.63) is 64.2 Å². The van der Waals surface area contributed by atoms with Crippen LogP contribution < -0.4 is 0 Å². The number of para-hydroxylation sites is 1. The van der Waals surface area contributed by atoms with E-state index in [2.05, 4.69) is 10.2 Å². The Balaban J connectivity index is 2.21. The van der Waals surface area contributed by atoms with Gasteiger partial charge in [0.1, 0.15) is 11.4 Å². The van der Waals surface area contributed by atoms with Gasteiger partial charge < -0.3 is 5.11 Å². The van der Waals surface area contributed by atoms with Crippen LogP contribution in [0.4, 0.5) is 17.1 Å². The highest BCUT2D eigenvalue weighted by atomic mass is 32.2. The zero-order valence-corrected chi connectivity index (χ0v) is 14.7. The number of rotatable bonds is 4. The van der Waals surface area contributed by atoms with E-state index in [0.717, 1.165) is 6.07 Å². The maximum atomic E-state index is 11.4. The molecule has 0 atom stereocenters. The molecule has 0 bridgehead atoms. The van der Waals surface area contributed by atoms with Gasteiger partial charge in [0, 0.05) is 10.9 Å². The van der Waals surface area contributed by atoms with Crippen LogP contribution in [0.1, 0.15) is 5.56 Å². The van der Waals surface area contributed by atoms with Crippen LogP contribution in [0.3, 0.4) is 0 Å². The van der Waals surface area contributed by atoms with Crippen molar-refractivity contribution in [2.45, 2.75) is 11.8 Å². The summed E-state index contributed by atoms with van der Waals surface area (Å²) in [6, 6.07) is 11.2. The molecule has 0 aliphatic rings. The Morgan fingerprint density at radius 1 is 1.07 bits per heavy atom. The fourth-order valence-corrected chi connectivity index (χ4v) is 3.11. The van der Waals surface area contributed by atoms with Crippen LogP contribution in [-0.2, 0) is 10.1 Å². The third kappa shape index (κ3) is 3.61. The summed E-state index contributed by atoms with van der Waals surface area (Å²) in [5.74, 6) is -0.297. The first-order valence-corrected chi connectivity index (χ1v) is 9.01. The van der Waals surface area contributed by atoms with E-state index >= 15 is 0 Å². The minimum absolute atomic E-state index is 0.0117. The van der Waals surface area contributed by atoms with Crippen LogP contribution >= 0.6 is 0 Å². The average molecular weight is 387 g/mol. The minimum Gasteiger partial charge on any atom is -0.506 e. The van der Waals surface area contributed by atoms with Crippen LogP contribution in [-0.4, -0.2) is 23.0 Å². The van der Waals surface area contributed by atoms with Gasteiger partial charge in [0.25, 0.3) is 15.8 Å². The van der Waals surface area contributed by atoms with E-state index in [-0.39, 0.29) is 33.1 Å². The fourth-order valence-electron chi connectivity index (χ4n) is 2.60. The smallest absolute Gasteiger partial charge is 0.299 e. The highest BCUT2D eigenvalue weighted by Gasteiger charge is 2.17. The first kappa shape index (κ1) is 18.4. The summed E-state index contributed by atoms with van der Waals surface area (Å²) < 4.78 is 32.0. The van der Waals surface area contributed by atoms with Crippen molar-refractivity contribution < 1.29 is 23.0 Å². The predicted molar refractivity (Wildman–Crippen MR) is 97.4 cm³/mol. The van der Waals surface area contributed by atoms with Gasteiger partial charge in [-0.25, -0.2) is 0 Å². The molecule has 0 saturated heterocycles. The van der Waals surface area contributed by atoms with E-state index in [1.807, 2.05) is 0 Å². The number of nitro benzene ring substituents is 1. The molecule has 0 heterocycles. The normalized spacial score (nSPS) is 11.9. The number of aryl methyl sites for hydroxylation is 1. The van der Waals surface area contributed by atoms with Crippen molar-refractivity contribution in [3.8, 4) is 5.75 Å². The molecular formula is C17H13N3O6S. The van der Waals surface area contributed by atoms with Gasteiger partial charge in [-0.05, 0) is 36.6 Å². The number of nitro groups is 1. The lowest BCUT2D eigenvalue weighted by molar-refractivity contribution is -0.384. The number of hydrogen-bond donors (Lipinski definition) is 2. The lowest BCUT2D eigenvalue weighted by Gasteiger charge is -2.06. The van der Waals surface area contributed by atoms with Crippen LogP contribution in [0.2, 0.25) is 0 Å². The van der Waals surface area contributed by atoms with Crippen LogP contribution in [0.15, 0.2) is 63.7 Å². The molecule has 0 saturated carbocycles. The van der Waals surface area contributed by atoms with Gasteiger partial charge in [0.2, 0.25) is 0 Å². The Hall–Kier alpha value is -3.37. The number of phenolic OH excluding ortho intramolecular Hbond substituents is 1. The third-order valence-electron chi connectivity index (χ3n) is 3.90. The fraction of sp³-hybridized carbons (Fsp3) is 0.0588. The maximum absolute atomic E-state index is 11.4. The summed E-state index contributed by atoms with van der Waals surface area (Å²) in [7, 11) is -4.46. The quantitative estimate of drug-likeness (QED) is 0.293. The molecule has 2 N–H and O–H groups in total. The second-order valence-corrected chi connectivity index (χ2v) is 7.11. The highest BCUT2D eigenvalue weighted by Crippen LogP contribution is 2.38. The molecule has 3 rings (SSSR count). The Morgan fingerprint density at radius 2 is 1.78 bits per heavy atom. The van der Waals surface area contributed by atoms with Crippen molar-refractivity contribution in [2.24, 2.45) is 10.2 Å². The Labute approximate surface area is 153 Å². The van der Waals surface area contributed by atoms with E-state index in [4.69, 9.17) is 0 Å². The van der Waals surface area contributed by atoms with Gasteiger partial charge in [0.15, 0.2) is 5.69 Å². The van der Waals surface area contributed by atoms with E-state index < -0.39 is 15.0 Å². The van der Waals surface area contributed by atoms with Crippen molar-refractivity contribution in [3.63, 3.8) is 0 Å². The number of nitrogens with zero attached hydrogens (tertiary/aromatic N) is 3. The van der Waals surface area contributed by atoms with Gasteiger partial charge >= 0.3 is 0 Å². The number of phenols is 1. The zero-order chi connectivity index (χ0) is 19.8. The molecule has 3 aromatic rings. The first-order chi connectivity index (χ1) is 12.7. The summed E-state index contributed by atoms with van der Waals surface area (Å²) in [6.07, 6.45) is 0. The van der Waals surface area contributed by atoms with Crippen molar-refractivity contribution in [1.82, 2.24) is 0 Å². The van der Waals surface area contributed by atoms with Gasteiger partial charge in [0.05, 0.1) is 9.82 Å². The van der Waals surface area contributed by atoms with Gasteiger partial charge in [-0.15, -0.1) is 10.2 Å². The van der Waals surface area contributed by atoms with Gasteiger partial charge in [-0.1, -0.05) is 24.3 Å². The molecule has 0 spiro atoms. The number of aromatic hydroxyl groups is 1. The predicted octanol–water partition coefficient (Wildman–Crippen LogP) is 4.42. The zero-order valence-electron chi connectivity index (χ0n) is 13.9. The molecule has 0 aromatic heterocycles. The second kappa shape index (κ2) is 6.74. The molecule has 0 amide bonds. The van der Waals surface area contributed by atoms with Gasteiger partial charge in [-0.2, -0.15) is 8.42 Å². The molecule has 0 unspecified atom stereocenters. The first-order valence-electron chi connectivity index (χ1n) is 7.57. The van der Waals surface area contributed by atoms with Crippen molar-refractivity contribution >= 4 is 38.0 Å². The van der Waals surface area contributed by atoms with Crippen LogP contribution in [0, 0.1) is 17.0 Å². The molecule has 27 heavy (non-hydrogen) atoms. The van der Waals surface area contributed by atoms with E-state index in [9.17, 15) is 28.2 Å². The topological polar surface area (TPSA) is 142 Å². The number of azo groups is 1. The number of fused-ring (bicyclic) bond motifs is 1. The van der Waals surface area contributed by atoms with E-state index in [1.165, 1.54) is 30.3 Å². The van der Waals surface area contributed by atoms with Gasteiger partial charge in [-0.3, -0.25) is 14.7 Å². The van der Waals surface area contributed by atoms with Crippen LogP contribution in [0.5, 0.6) is 5.75 Å². The summed E-state index contributed by atoms with van der Waals surface area (Å²) in [4.78, 5) is 10.3. The molecule has 138 valence electrons. The molecule has 10 heteroatoms. The van der Waals surface area contributed by atoms with E-state index in [1.54, 1.807) is 19.1 Å². The summed E-state index contributed by atoms with van der Waals surface area (Å²) in [6.45, 7) is 1.56. The molecule has 0 aliphatic carbocycles. The SMILES string of the molecule is Cc1cccc(N=Nc2c(O)ccc3ccc(S(=O)(=O)O)cc23)c1[N+](=O)[O-]. The second-order valence-electron chi connectivity index (χ2n) is 5.69. The Kier molecular flexibility index (Phi) is 4.60. The maximum Gasteiger partial charge on any atom is 0.299 e. The van der Waals surface area contributed by atoms with Crippen molar-refractivity contribution in [2.75, 3.05) is 0 Å². The summed E-state index contributed by atoms with van der Waals surface area (Å²) in [5.41, 5.74) is 0.0861. The molecule has 0 fully saturated rings. The molecule has 0 aliphatic heterocycles. The molecule has 3 aromatic carbocycles. The summed E-state index contributed by atoms with van der Waals surface area (Å²) in [5, 5.41) is 29.9. The lowest BCUT2D eigenvalue weighted by atomic mass is 10.1. The lowest BCUT2D eigenvalue weighted by Crippen LogP contribution is -1.97. The molecule has 9 nitrogen and oxygen atoms in total. The highest BCUT2D eigenvalue weighted by molar-refractivity contribution is 7.85. The largest absolute Gasteiger partial charge is 0.506 e. The third-order valence-corrected chi connectivity index (χ3v) is 4.75. The molecule has 0 radical (unpaired) electrons. The minimum atomic E-state index is -4.46.